The van der Waals surface area contributed by atoms with Crippen molar-refractivity contribution in [3.05, 3.63) is 169 Å². The van der Waals surface area contributed by atoms with Gasteiger partial charge in [0.05, 0.1) is 0 Å². The molecule has 244 valence electrons. The Balaban J connectivity index is 1.07. The van der Waals surface area contributed by atoms with Gasteiger partial charge < -0.3 is 8.83 Å². The van der Waals surface area contributed by atoms with E-state index >= 15 is 0 Å². The maximum Gasteiger partial charge on any atom is 0.164 e. The summed E-state index contributed by atoms with van der Waals surface area (Å²) >= 11 is 0. The van der Waals surface area contributed by atoms with Crippen molar-refractivity contribution in [2.45, 2.75) is 12.8 Å². The minimum Gasteiger partial charge on any atom is -0.460 e. The van der Waals surface area contributed by atoms with Crippen molar-refractivity contribution >= 4 is 60.0 Å². The number of fused-ring (bicyclic) bond motifs is 9. The maximum atomic E-state index is 6.65. The Bertz CT molecular complexity index is 3080. The van der Waals surface area contributed by atoms with Gasteiger partial charge in [0.2, 0.25) is 0 Å². The number of nitrogens with zero attached hydrogens (tertiary/aromatic N) is 3. The monoisotopic (exact) mass is 667 g/mol. The van der Waals surface area contributed by atoms with Crippen LogP contribution in [0, 0.1) is 0 Å². The van der Waals surface area contributed by atoms with E-state index < -0.39 is 0 Å². The largest absolute Gasteiger partial charge is 0.460 e. The summed E-state index contributed by atoms with van der Waals surface area (Å²) in [5.74, 6) is 2.87. The second-order valence-corrected chi connectivity index (χ2v) is 13.4. The standard InChI is InChI=1S/C47H29N3O2/c1-2-11-30(12-3-1)45-48-46(32-23-22-29-21-20-28-10-4-5-13-33(28)39(29)26-32)50-47(49-45)38-17-9-19-41-43(38)37-25-24-31(27-42(37)51-41)34-15-8-16-36-35-14-6-7-18-40(35)52-44(34)36/h1-8,10-18,20-27H,9,19H2. The smallest absolute Gasteiger partial charge is 0.164 e. The summed E-state index contributed by atoms with van der Waals surface area (Å²) in [5.41, 5.74) is 8.60. The molecule has 1 aliphatic rings. The minimum atomic E-state index is 0.639. The predicted molar refractivity (Wildman–Crippen MR) is 210 cm³/mol. The third-order valence-corrected chi connectivity index (χ3v) is 10.4. The first kappa shape index (κ1) is 28.9. The van der Waals surface area contributed by atoms with Gasteiger partial charge in [-0.05, 0) is 57.8 Å². The molecule has 3 heterocycles. The first-order valence-electron chi connectivity index (χ1n) is 17.7. The summed E-state index contributed by atoms with van der Waals surface area (Å²) in [4.78, 5) is 15.4. The Kier molecular flexibility index (Phi) is 6.31. The maximum absolute atomic E-state index is 6.65. The molecule has 0 amide bonds. The van der Waals surface area contributed by atoms with Crippen LogP contribution in [-0.2, 0) is 6.42 Å². The molecule has 7 aromatic carbocycles. The molecule has 5 nitrogen and oxygen atoms in total. The first-order valence-corrected chi connectivity index (χ1v) is 17.7. The molecule has 11 rings (SSSR count). The van der Waals surface area contributed by atoms with Gasteiger partial charge in [0.1, 0.15) is 22.5 Å². The number of hydrogen-bond donors (Lipinski definition) is 0. The van der Waals surface area contributed by atoms with Crippen LogP contribution in [0.15, 0.2) is 161 Å². The van der Waals surface area contributed by atoms with Crippen LogP contribution in [-0.4, -0.2) is 15.0 Å². The lowest BCUT2D eigenvalue weighted by molar-refractivity contribution is 0.545. The van der Waals surface area contributed by atoms with Gasteiger partial charge in [-0.25, -0.2) is 15.0 Å². The van der Waals surface area contributed by atoms with Crippen LogP contribution in [0.1, 0.15) is 23.6 Å². The lowest BCUT2D eigenvalue weighted by Gasteiger charge is -2.15. The van der Waals surface area contributed by atoms with E-state index in [-0.39, 0.29) is 0 Å². The molecule has 0 saturated heterocycles. The van der Waals surface area contributed by atoms with Crippen LogP contribution in [0.5, 0.6) is 0 Å². The molecule has 0 fully saturated rings. The topological polar surface area (TPSA) is 65.0 Å². The van der Waals surface area contributed by atoms with Gasteiger partial charge in [0, 0.05) is 50.4 Å². The molecule has 0 atom stereocenters. The molecule has 10 aromatic rings. The van der Waals surface area contributed by atoms with Gasteiger partial charge in [-0.1, -0.05) is 127 Å². The fourth-order valence-electron chi connectivity index (χ4n) is 7.90. The summed E-state index contributed by atoms with van der Waals surface area (Å²) in [7, 11) is 0. The van der Waals surface area contributed by atoms with Crippen LogP contribution in [0.25, 0.3) is 93.9 Å². The molecule has 0 unspecified atom stereocenters. The second-order valence-electron chi connectivity index (χ2n) is 13.4. The summed E-state index contributed by atoms with van der Waals surface area (Å²) in [5, 5.41) is 8.04. The van der Waals surface area contributed by atoms with E-state index in [2.05, 4.69) is 121 Å². The lowest BCUT2D eigenvalue weighted by Crippen LogP contribution is -2.06. The number of aryl methyl sites for hydroxylation is 1. The fourth-order valence-corrected chi connectivity index (χ4v) is 7.90. The second kappa shape index (κ2) is 11.3. The van der Waals surface area contributed by atoms with Gasteiger partial charge in [-0.2, -0.15) is 0 Å². The average Bonchev–Trinajstić information content (AvgIpc) is 3.79. The highest BCUT2D eigenvalue weighted by Crippen LogP contribution is 2.42. The molecule has 0 bridgehead atoms. The highest BCUT2D eigenvalue weighted by atomic mass is 16.3. The number of para-hydroxylation sites is 2. The van der Waals surface area contributed by atoms with Gasteiger partial charge in [0.25, 0.3) is 0 Å². The van der Waals surface area contributed by atoms with E-state index in [1.807, 2.05) is 30.3 Å². The number of hydrogen-bond acceptors (Lipinski definition) is 5. The Morgan fingerprint density at radius 2 is 1.15 bits per heavy atom. The summed E-state index contributed by atoms with van der Waals surface area (Å²) in [6.45, 7) is 0. The fraction of sp³-hybridized carbons (Fsp3) is 0.0426. The molecule has 0 N–H and O–H groups in total. The quantitative estimate of drug-likeness (QED) is 0.175. The lowest BCUT2D eigenvalue weighted by atomic mass is 9.92. The molecule has 0 spiro atoms. The molecule has 1 aliphatic carbocycles. The van der Waals surface area contributed by atoms with Crippen molar-refractivity contribution in [3.8, 4) is 33.9 Å². The first-order chi connectivity index (χ1) is 25.7. The molecule has 0 aliphatic heterocycles. The van der Waals surface area contributed by atoms with Crippen molar-refractivity contribution in [3.63, 3.8) is 0 Å². The molecular formula is C47H29N3O2. The van der Waals surface area contributed by atoms with Crippen LogP contribution < -0.4 is 0 Å². The zero-order chi connectivity index (χ0) is 34.2. The Morgan fingerprint density at radius 3 is 2.06 bits per heavy atom. The number of aromatic nitrogens is 3. The normalized spacial score (nSPS) is 13.0. The minimum absolute atomic E-state index is 0.639. The third kappa shape index (κ3) is 4.53. The van der Waals surface area contributed by atoms with E-state index in [1.54, 1.807) is 0 Å². The van der Waals surface area contributed by atoms with E-state index in [0.29, 0.717) is 17.5 Å². The highest BCUT2D eigenvalue weighted by Gasteiger charge is 2.26. The summed E-state index contributed by atoms with van der Waals surface area (Å²) in [6, 6.07) is 50.5. The van der Waals surface area contributed by atoms with Crippen LogP contribution in [0.2, 0.25) is 0 Å². The average molecular weight is 668 g/mol. The van der Waals surface area contributed by atoms with Crippen molar-refractivity contribution in [2.24, 2.45) is 0 Å². The Hall–Kier alpha value is -6.85. The SMILES string of the molecule is C1=C(c2nc(-c3ccccc3)nc(-c3ccc4ccc5ccccc5c4c3)n2)c2c(oc3cc(-c4cccc5c4oc4ccccc45)ccc23)CC1. The molecule has 0 radical (unpaired) electrons. The predicted octanol–water partition coefficient (Wildman–Crippen LogP) is 12.2. The van der Waals surface area contributed by atoms with Crippen LogP contribution in [0.4, 0.5) is 0 Å². The number of rotatable bonds is 4. The van der Waals surface area contributed by atoms with Gasteiger partial charge in [-0.3, -0.25) is 0 Å². The number of allylic oxidation sites excluding steroid dienone is 1. The van der Waals surface area contributed by atoms with Crippen molar-refractivity contribution in [2.75, 3.05) is 0 Å². The summed E-state index contributed by atoms with van der Waals surface area (Å²) in [6.07, 6.45) is 3.89. The van der Waals surface area contributed by atoms with Gasteiger partial charge in [-0.15, -0.1) is 0 Å². The summed E-state index contributed by atoms with van der Waals surface area (Å²) < 4.78 is 13.0. The Morgan fingerprint density at radius 1 is 0.442 bits per heavy atom. The Labute approximate surface area is 298 Å². The zero-order valence-electron chi connectivity index (χ0n) is 28.0. The van der Waals surface area contributed by atoms with Crippen molar-refractivity contribution < 1.29 is 8.83 Å². The van der Waals surface area contributed by atoms with Gasteiger partial charge in [0.15, 0.2) is 17.5 Å². The van der Waals surface area contributed by atoms with Crippen molar-refractivity contribution in [1.29, 1.82) is 0 Å². The van der Waals surface area contributed by atoms with E-state index in [9.17, 15) is 0 Å². The van der Waals surface area contributed by atoms with E-state index in [1.165, 1.54) is 21.5 Å². The molecule has 3 aromatic heterocycles. The van der Waals surface area contributed by atoms with Crippen LogP contribution in [0.3, 0.4) is 0 Å². The van der Waals surface area contributed by atoms with Gasteiger partial charge >= 0.3 is 0 Å². The molecular weight excluding hydrogens is 639 g/mol. The third-order valence-electron chi connectivity index (χ3n) is 10.4. The van der Waals surface area contributed by atoms with Crippen LogP contribution >= 0.6 is 0 Å². The van der Waals surface area contributed by atoms with Crippen molar-refractivity contribution in [1.82, 2.24) is 15.0 Å². The van der Waals surface area contributed by atoms with E-state index in [4.69, 9.17) is 23.8 Å². The molecule has 0 saturated carbocycles. The van der Waals surface area contributed by atoms with E-state index in [0.717, 1.165) is 84.9 Å². The molecule has 52 heavy (non-hydrogen) atoms. The number of benzene rings is 7. The number of furan rings is 2. The zero-order valence-corrected chi connectivity index (χ0v) is 28.0. The molecule has 5 heteroatoms. The highest BCUT2D eigenvalue weighted by molar-refractivity contribution is 6.11.